The number of nitrogens with zero attached hydrogens (tertiary/aromatic N) is 2. The summed E-state index contributed by atoms with van der Waals surface area (Å²) in [5, 5.41) is 16.5. The zero-order valence-electron chi connectivity index (χ0n) is 12.1. The van der Waals surface area contributed by atoms with Crippen molar-refractivity contribution in [2.75, 3.05) is 10.6 Å². The zero-order valence-corrected chi connectivity index (χ0v) is 12.9. The molecule has 0 saturated heterocycles. The first-order valence-corrected chi connectivity index (χ1v) is 7.52. The first-order valence-electron chi connectivity index (χ1n) is 6.71. The number of carbonyl (C=O) groups is 1. The van der Waals surface area contributed by atoms with Gasteiger partial charge in [0, 0.05) is 17.8 Å². The summed E-state index contributed by atoms with van der Waals surface area (Å²) < 4.78 is 0.643. The number of benzene rings is 2. The maximum absolute atomic E-state index is 12.0. The predicted molar refractivity (Wildman–Crippen MR) is 90.1 cm³/mol. The molecule has 23 heavy (non-hydrogen) atoms. The van der Waals surface area contributed by atoms with Crippen LogP contribution in [0.5, 0.6) is 0 Å². The topological polar surface area (TPSA) is 97.2 Å². The van der Waals surface area contributed by atoms with Crippen molar-refractivity contribution in [3.05, 3.63) is 58.1 Å². The number of anilines is 2. The molecule has 1 heterocycles. The van der Waals surface area contributed by atoms with E-state index >= 15 is 0 Å². The maximum Gasteiger partial charge on any atom is 0.325 e. The molecule has 0 unspecified atom stereocenters. The molecule has 0 fully saturated rings. The smallest absolute Gasteiger partial charge is 0.308 e. The van der Waals surface area contributed by atoms with E-state index < -0.39 is 11.0 Å². The summed E-state index contributed by atoms with van der Waals surface area (Å²) in [7, 11) is 0. The average Bonchev–Trinajstić information content (AvgIpc) is 2.90. The molecule has 0 aliphatic rings. The van der Waals surface area contributed by atoms with Crippen LogP contribution in [0.3, 0.4) is 0 Å². The molecule has 0 radical (unpaired) electrons. The van der Waals surface area contributed by atoms with Crippen molar-refractivity contribution >= 4 is 44.1 Å². The van der Waals surface area contributed by atoms with Gasteiger partial charge in [0.1, 0.15) is 0 Å². The van der Waals surface area contributed by atoms with Gasteiger partial charge in [-0.15, -0.1) is 0 Å². The van der Waals surface area contributed by atoms with Crippen LogP contribution >= 0.6 is 11.3 Å². The Kier molecular flexibility index (Phi) is 3.90. The van der Waals surface area contributed by atoms with Gasteiger partial charge in [0.05, 0.1) is 15.1 Å². The molecule has 1 aromatic heterocycles. The first kappa shape index (κ1) is 14.9. The van der Waals surface area contributed by atoms with Crippen molar-refractivity contribution in [1.82, 2.24) is 4.98 Å². The number of fused-ring (bicyclic) bond motifs is 1. The number of amides is 2. The molecule has 116 valence electrons. The van der Waals surface area contributed by atoms with Crippen molar-refractivity contribution in [2.45, 2.75) is 6.92 Å². The highest BCUT2D eigenvalue weighted by Crippen LogP contribution is 2.29. The maximum atomic E-state index is 12.0. The van der Waals surface area contributed by atoms with E-state index in [1.54, 1.807) is 18.2 Å². The van der Waals surface area contributed by atoms with Gasteiger partial charge in [-0.2, -0.15) is 0 Å². The average molecular weight is 328 g/mol. The van der Waals surface area contributed by atoms with Crippen LogP contribution in [0.4, 0.5) is 21.3 Å². The summed E-state index contributed by atoms with van der Waals surface area (Å²) in [6, 6.07) is 11.4. The fourth-order valence-corrected chi connectivity index (χ4v) is 2.87. The third-order valence-corrected chi connectivity index (χ3v) is 4.05. The molecule has 3 aromatic rings. The van der Waals surface area contributed by atoms with Gasteiger partial charge >= 0.3 is 6.03 Å². The lowest BCUT2D eigenvalue weighted by molar-refractivity contribution is -0.384. The van der Waals surface area contributed by atoms with Gasteiger partial charge in [-0.3, -0.25) is 15.4 Å². The largest absolute Gasteiger partial charge is 0.325 e. The number of nitro groups is 1. The Balaban J connectivity index is 1.74. The Labute approximate surface area is 135 Å². The Hall–Kier alpha value is -3.00. The second kappa shape index (κ2) is 6.01. The summed E-state index contributed by atoms with van der Waals surface area (Å²) in [6.45, 7) is 1.96. The number of nitro benzene ring substituents is 1. The molecular weight excluding hydrogens is 316 g/mol. The van der Waals surface area contributed by atoms with Gasteiger partial charge in [0.25, 0.3) is 5.69 Å². The predicted octanol–water partition coefficient (Wildman–Crippen LogP) is 4.16. The number of aryl methyl sites for hydroxylation is 1. The van der Waals surface area contributed by atoms with Gasteiger partial charge in [-0.25, -0.2) is 9.78 Å². The molecule has 0 atom stereocenters. The normalized spacial score (nSPS) is 10.5. The van der Waals surface area contributed by atoms with E-state index in [9.17, 15) is 14.9 Å². The molecule has 0 aliphatic heterocycles. The second-order valence-electron chi connectivity index (χ2n) is 4.87. The highest BCUT2D eigenvalue weighted by molar-refractivity contribution is 7.22. The number of rotatable bonds is 3. The van der Waals surface area contributed by atoms with Crippen LogP contribution < -0.4 is 10.6 Å². The molecule has 0 spiro atoms. The van der Waals surface area contributed by atoms with Gasteiger partial charge in [0.15, 0.2) is 5.13 Å². The Morgan fingerprint density at radius 2 is 1.91 bits per heavy atom. The summed E-state index contributed by atoms with van der Waals surface area (Å²) >= 11 is 1.18. The summed E-state index contributed by atoms with van der Waals surface area (Å²) in [4.78, 5) is 26.5. The number of thiazole rings is 1. The number of urea groups is 1. The van der Waals surface area contributed by atoms with E-state index in [0.717, 1.165) is 5.56 Å². The quantitative estimate of drug-likeness (QED) is 0.557. The minimum absolute atomic E-state index is 0.00296. The van der Waals surface area contributed by atoms with Crippen molar-refractivity contribution < 1.29 is 9.72 Å². The highest BCUT2D eigenvalue weighted by atomic mass is 32.1. The van der Waals surface area contributed by atoms with Crippen LogP contribution in [0.15, 0.2) is 42.5 Å². The van der Waals surface area contributed by atoms with Crippen LogP contribution in [-0.4, -0.2) is 15.9 Å². The van der Waals surface area contributed by atoms with Crippen molar-refractivity contribution in [1.29, 1.82) is 0 Å². The van der Waals surface area contributed by atoms with Crippen LogP contribution in [0.2, 0.25) is 0 Å². The van der Waals surface area contributed by atoms with Gasteiger partial charge in [0.2, 0.25) is 0 Å². The third-order valence-electron chi connectivity index (χ3n) is 3.11. The molecule has 2 amide bonds. The van der Waals surface area contributed by atoms with Gasteiger partial charge in [-0.1, -0.05) is 29.0 Å². The van der Waals surface area contributed by atoms with Crippen molar-refractivity contribution in [3.8, 4) is 0 Å². The van der Waals surface area contributed by atoms with Crippen LogP contribution in [-0.2, 0) is 0 Å². The van der Waals surface area contributed by atoms with E-state index in [1.165, 1.54) is 23.5 Å². The van der Waals surface area contributed by atoms with E-state index in [0.29, 0.717) is 21.0 Å². The van der Waals surface area contributed by atoms with Gasteiger partial charge < -0.3 is 5.32 Å². The Morgan fingerprint density at radius 3 is 2.61 bits per heavy atom. The number of hydrogen-bond donors (Lipinski definition) is 2. The van der Waals surface area contributed by atoms with E-state index in [-0.39, 0.29) is 5.69 Å². The molecule has 2 aromatic carbocycles. The van der Waals surface area contributed by atoms with Crippen molar-refractivity contribution in [2.24, 2.45) is 0 Å². The lowest BCUT2D eigenvalue weighted by atomic mass is 10.2. The lowest BCUT2D eigenvalue weighted by Gasteiger charge is -2.05. The minimum Gasteiger partial charge on any atom is -0.308 e. The van der Waals surface area contributed by atoms with E-state index in [4.69, 9.17) is 0 Å². The van der Waals surface area contributed by atoms with Crippen LogP contribution in [0.1, 0.15) is 5.56 Å². The number of non-ortho nitro benzene ring substituents is 1. The minimum atomic E-state index is -0.462. The number of aromatic nitrogens is 1. The Morgan fingerprint density at radius 1 is 1.17 bits per heavy atom. The molecule has 3 rings (SSSR count). The number of carbonyl (C=O) groups excluding carboxylic acids is 1. The molecule has 7 nitrogen and oxygen atoms in total. The Bertz CT molecular complexity index is 889. The SMILES string of the molecule is Cc1ccc(NC(=O)Nc2nc3ccc([N+](=O)[O-])cc3s2)cc1. The zero-order chi connectivity index (χ0) is 16.4. The molecule has 0 aliphatic carbocycles. The van der Waals surface area contributed by atoms with E-state index in [1.807, 2.05) is 19.1 Å². The fourth-order valence-electron chi connectivity index (χ4n) is 1.98. The van der Waals surface area contributed by atoms with Gasteiger partial charge in [-0.05, 0) is 25.1 Å². The summed E-state index contributed by atoms with van der Waals surface area (Å²) in [6.07, 6.45) is 0. The fraction of sp³-hybridized carbons (Fsp3) is 0.0667. The molecule has 8 heteroatoms. The number of nitrogens with one attached hydrogen (secondary N) is 2. The highest BCUT2D eigenvalue weighted by Gasteiger charge is 2.12. The lowest BCUT2D eigenvalue weighted by Crippen LogP contribution is -2.19. The van der Waals surface area contributed by atoms with Crippen LogP contribution in [0, 0.1) is 17.0 Å². The third kappa shape index (κ3) is 3.43. The molecule has 0 bridgehead atoms. The number of hydrogen-bond acceptors (Lipinski definition) is 5. The monoisotopic (exact) mass is 328 g/mol. The first-order chi connectivity index (χ1) is 11.0. The standard InChI is InChI=1S/C15H12N4O3S/c1-9-2-4-10(5-3-9)16-14(20)18-15-17-12-7-6-11(19(21)22)8-13(12)23-15/h2-8H,1H3,(H2,16,17,18,20). The molecule has 0 saturated carbocycles. The second-order valence-corrected chi connectivity index (χ2v) is 5.90. The summed E-state index contributed by atoms with van der Waals surface area (Å²) in [5.41, 5.74) is 2.37. The molecular formula is C15H12N4O3S. The molecule has 2 N–H and O–H groups in total. The van der Waals surface area contributed by atoms with Crippen molar-refractivity contribution in [3.63, 3.8) is 0 Å². The van der Waals surface area contributed by atoms with E-state index in [2.05, 4.69) is 15.6 Å². The summed E-state index contributed by atoms with van der Waals surface area (Å²) in [5.74, 6) is 0. The van der Waals surface area contributed by atoms with Crippen LogP contribution in [0.25, 0.3) is 10.2 Å².